The molecule has 3 heterocycles. The lowest BCUT2D eigenvalue weighted by molar-refractivity contribution is 0.203. The number of hydrogen-bond donors (Lipinski definition) is 5. The van der Waals surface area contributed by atoms with Crippen molar-refractivity contribution >= 4 is 11.5 Å². The molecular weight excluding hydrogens is 366 g/mol. The number of nitrogens with zero attached hydrogens (tertiary/aromatic N) is 3. The van der Waals surface area contributed by atoms with E-state index in [1.54, 1.807) is 37.8 Å². The van der Waals surface area contributed by atoms with Gasteiger partial charge in [-0.1, -0.05) is 6.08 Å². The summed E-state index contributed by atoms with van der Waals surface area (Å²) in [6, 6.07) is 3.67. The Labute approximate surface area is 170 Å². The smallest absolute Gasteiger partial charge is 0.143 e. The van der Waals surface area contributed by atoms with Gasteiger partial charge in [-0.05, 0) is 44.5 Å². The summed E-state index contributed by atoms with van der Waals surface area (Å²) >= 11 is 0. The molecule has 0 spiro atoms. The van der Waals surface area contributed by atoms with Crippen LogP contribution < -0.4 is 16.0 Å². The molecule has 1 aliphatic rings. The van der Waals surface area contributed by atoms with Crippen LogP contribution in [0.3, 0.4) is 0 Å². The molecule has 0 amide bonds. The molecule has 0 aromatic carbocycles. The highest BCUT2D eigenvalue weighted by Gasteiger charge is 2.14. The summed E-state index contributed by atoms with van der Waals surface area (Å²) in [5.41, 5.74) is 5.10. The maximum absolute atomic E-state index is 10.3. The molecule has 1 aliphatic heterocycles. The van der Waals surface area contributed by atoms with Gasteiger partial charge in [0.15, 0.2) is 0 Å². The van der Waals surface area contributed by atoms with E-state index >= 15 is 0 Å². The summed E-state index contributed by atoms with van der Waals surface area (Å²) in [6.07, 6.45) is 8.83. The maximum atomic E-state index is 10.3. The zero-order valence-corrected chi connectivity index (χ0v) is 16.7. The van der Waals surface area contributed by atoms with E-state index in [1.807, 2.05) is 13.0 Å². The van der Waals surface area contributed by atoms with Crippen molar-refractivity contribution in [2.75, 3.05) is 25.0 Å². The van der Waals surface area contributed by atoms with E-state index in [0.29, 0.717) is 18.1 Å². The van der Waals surface area contributed by atoms with Gasteiger partial charge in [0.2, 0.25) is 0 Å². The maximum Gasteiger partial charge on any atom is 0.143 e. The van der Waals surface area contributed by atoms with Gasteiger partial charge >= 0.3 is 0 Å². The first-order chi connectivity index (χ1) is 14.0. The summed E-state index contributed by atoms with van der Waals surface area (Å²) in [4.78, 5) is 12.6. The van der Waals surface area contributed by atoms with E-state index in [-0.39, 0.29) is 0 Å². The molecule has 0 fully saturated rings. The molecular formula is C21H27N7O. The van der Waals surface area contributed by atoms with Gasteiger partial charge in [-0.2, -0.15) is 0 Å². The van der Waals surface area contributed by atoms with Gasteiger partial charge in [-0.15, -0.1) is 0 Å². The lowest BCUT2D eigenvalue weighted by Crippen LogP contribution is -2.33. The Bertz CT molecular complexity index is 891. The fraction of sp³-hybridized carbons (Fsp3) is 0.333. The summed E-state index contributed by atoms with van der Waals surface area (Å²) in [5, 5.41) is 27.9. The molecule has 8 nitrogen and oxygen atoms in total. The number of hydrogen-bond acceptors (Lipinski definition) is 8. The monoisotopic (exact) mass is 393 g/mol. The van der Waals surface area contributed by atoms with Crippen LogP contribution in [0.5, 0.6) is 0 Å². The third-order valence-corrected chi connectivity index (χ3v) is 4.63. The van der Waals surface area contributed by atoms with Crippen molar-refractivity contribution < 1.29 is 5.11 Å². The van der Waals surface area contributed by atoms with Crippen LogP contribution in [0.25, 0.3) is 11.3 Å². The van der Waals surface area contributed by atoms with Crippen molar-refractivity contribution in [3.63, 3.8) is 0 Å². The lowest BCUT2D eigenvalue weighted by Gasteiger charge is -2.21. The Balaban J connectivity index is 1.59. The minimum atomic E-state index is -0.825. The van der Waals surface area contributed by atoms with Gasteiger partial charge in [-0.25, -0.2) is 4.98 Å². The zero-order valence-electron chi connectivity index (χ0n) is 16.7. The molecule has 2 aromatic heterocycles. The normalized spacial score (nSPS) is 15.8. The minimum absolute atomic E-state index is 0.293. The van der Waals surface area contributed by atoms with Crippen LogP contribution >= 0.6 is 0 Å². The number of anilines is 1. The van der Waals surface area contributed by atoms with E-state index in [0.717, 1.165) is 42.0 Å². The van der Waals surface area contributed by atoms with Crippen LogP contribution in [0.15, 0.2) is 59.8 Å². The van der Waals surface area contributed by atoms with Crippen molar-refractivity contribution in [2.24, 2.45) is 0 Å². The number of aliphatic hydroxyl groups is 1. The van der Waals surface area contributed by atoms with Crippen molar-refractivity contribution in [1.82, 2.24) is 25.6 Å². The van der Waals surface area contributed by atoms with Gasteiger partial charge < -0.3 is 26.5 Å². The highest BCUT2D eigenvalue weighted by Crippen LogP contribution is 2.20. The lowest BCUT2D eigenvalue weighted by atomic mass is 9.95. The fourth-order valence-corrected chi connectivity index (χ4v) is 3.25. The van der Waals surface area contributed by atoms with E-state index < -0.39 is 6.23 Å². The first-order valence-corrected chi connectivity index (χ1v) is 9.62. The van der Waals surface area contributed by atoms with Gasteiger partial charge in [-0.3, -0.25) is 9.97 Å². The van der Waals surface area contributed by atoms with Gasteiger partial charge in [0.25, 0.3) is 0 Å². The molecule has 0 bridgehead atoms. The van der Waals surface area contributed by atoms with Gasteiger partial charge in [0.05, 0.1) is 18.4 Å². The van der Waals surface area contributed by atoms with Crippen LogP contribution in [-0.2, 0) is 0 Å². The standard InChI is InChI=1S/C21H27N7O/c1-14(22)21(16-5-7-23-8-6-16)15(2)26-13-20(29)28-19-4-3-17(11-27-19)18-12-24-9-10-25-18/h3-5,9-12,20,22-23,26,29H,6-8,13H2,1-2H3,(H,27,28)/b21-15+,22-14?. The van der Waals surface area contributed by atoms with Crippen molar-refractivity contribution in [3.8, 4) is 11.3 Å². The first kappa shape index (κ1) is 20.6. The average molecular weight is 393 g/mol. The zero-order chi connectivity index (χ0) is 20.6. The highest BCUT2D eigenvalue weighted by atomic mass is 16.3. The molecule has 0 saturated heterocycles. The Morgan fingerprint density at radius 1 is 1.24 bits per heavy atom. The van der Waals surface area contributed by atoms with Gasteiger partial charge in [0.1, 0.15) is 12.0 Å². The summed E-state index contributed by atoms with van der Waals surface area (Å²) in [5.74, 6) is 0.568. The molecule has 0 saturated carbocycles. The molecule has 3 rings (SSSR count). The molecule has 1 atom stereocenters. The Hall–Kier alpha value is -3.10. The number of allylic oxidation sites excluding steroid dienone is 2. The van der Waals surface area contributed by atoms with Crippen molar-refractivity contribution in [2.45, 2.75) is 26.5 Å². The van der Waals surface area contributed by atoms with E-state index in [1.165, 1.54) is 5.57 Å². The van der Waals surface area contributed by atoms with Crippen LogP contribution in [0.4, 0.5) is 5.82 Å². The Kier molecular flexibility index (Phi) is 7.04. The number of nitrogens with one attached hydrogen (secondary N) is 4. The predicted molar refractivity (Wildman–Crippen MR) is 115 cm³/mol. The Morgan fingerprint density at radius 2 is 2.10 bits per heavy atom. The van der Waals surface area contributed by atoms with Crippen LogP contribution in [0.1, 0.15) is 20.3 Å². The third kappa shape index (κ3) is 5.69. The molecule has 29 heavy (non-hydrogen) atoms. The summed E-state index contributed by atoms with van der Waals surface area (Å²) < 4.78 is 0. The molecule has 8 heteroatoms. The number of pyridine rings is 1. The third-order valence-electron chi connectivity index (χ3n) is 4.63. The summed E-state index contributed by atoms with van der Waals surface area (Å²) in [7, 11) is 0. The molecule has 0 radical (unpaired) electrons. The predicted octanol–water partition coefficient (Wildman–Crippen LogP) is 2.09. The number of aromatic nitrogens is 3. The second kappa shape index (κ2) is 9.90. The largest absolute Gasteiger partial charge is 0.384 e. The Morgan fingerprint density at radius 3 is 2.72 bits per heavy atom. The first-order valence-electron chi connectivity index (χ1n) is 9.62. The highest BCUT2D eigenvalue weighted by molar-refractivity contribution is 6.00. The quantitative estimate of drug-likeness (QED) is 0.344. The molecule has 0 aliphatic carbocycles. The van der Waals surface area contributed by atoms with Gasteiger partial charge in [0, 0.05) is 47.7 Å². The van der Waals surface area contributed by atoms with E-state index in [2.05, 4.69) is 37.0 Å². The molecule has 1 unspecified atom stereocenters. The van der Waals surface area contributed by atoms with Crippen molar-refractivity contribution in [1.29, 1.82) is 5.41 Å². The van der Waals surface area contributed by atoms with Crippen LogP contribution in [-0.4, -0.2) is 51.6 Å². The number of rotatable bonds is 8. The molecule has 2 aromatic rings. The SMILES string of the molecule is CC(=N)/C(C1=CCNCC1)=C(/C)NCC(O)Nc1ccc(-c2cnccn2)cn1. The topological polar surface area (TPSA) is 119 Å². The average Bonchev–Trinajstić information content (AvgIpc) is 2.74. The van der Waals surface area contributed by atoms with E-state index in [4.69, 9.17) is 5.41 Å². The van der Waals surface area contributed by atoms with E-state index in [9.17, 15) is 5.11 Å². The van der Waals surface area contributed by atoms with Crippen molar-refractivity contribution in [3.05, 3.63) is 59.8 Å². The fourth-order valence-electron chi connectivity index (χ4n) is 3.25. The number of aliphatic hydroxyl groups excluding tert-OH is 1. The molecule has 5 N–H and O–H groups in total. The molecule has 152 valence electrons. The van der Waals surface area contributed by atoms with Crippen LogP contribution in [0.2, 0.25) is 0 Å². The minimum Gasteiger partial charge on any atom is -0.384 e. The second-order valence-electron chi connectivity index (χ2n) is 6.87. The van der Waals surface area contributed by atoms with Crippen LogP contribution in [0, 0.1) is 5.41 Å². The second-order valence-corrected chi connectivity index (χ2v) is 6.87. The summed E-state index contributed by atoms with van der Waals surface area (Å²) in [6.45, 7) is 5.76.